The average molecular weight is 334 g/mol. The van der Waals surface area contributed by atoms with Gasteiger partial charge >= 0.3 is 6.09 Å². The Morgan fingerprint density at radius 2 is 1.95 bits per heavy atom. The number of likely N-dealkylation sites (tertiary alicyclic amines) is 1. The maximum absolute atomic E-state index is 12.1. The summed E-state index contributed by atoms with van der Waals surface area (Å²) in [5, 5.41) is 3.37. The Bertz CT molecular complexity index is 470. The number of sulfone groups is 1. The number of amides is 1. The molecule has 1 amide bonds. The van der Waals surface area contributed by atoms with Crippen LogP contribution in [-0.2, 0) is 14.6 Å². The topological polar surface area (TPSA) is 75.7 Å². The van der Waals surface area contributed by atoms with Crippen molar-refractivity contribution < 1.29 is 17.9 Å². The maximum atomic E-state index is 12.1. The smallest absolute Gasteiger partial charge is 0.410 e. The van der Waals surface area contributed by atoms with Crippen LogP contribution in [0.5, 0.6) is 0 Å². The lowest BCUT2D eigenvalue weighted by molar-refractivity contribution is 0.0256. The maximum Gasteiger partial charge on any atom is 0.410 e. The van der Waals surface area contributed by atoms with Gasteiger partial charge in [0.1, 0.15) is 15.4 Å². The largest absolute Gasteiger partial charge is 0.444 e. The van der Waals surface area contributed by atoms with Crippen molar-refractivity contribution in [2.24, 2.45) is 0 Å². The van der Waals surface area contributed by atoms with Crippen LogP contribution in [0.15, 0.2) is 0 Å². The molecule has 0 bridgehead atoms. The summed E-state index contributed by atoms with van der Waals surface area (Å²) in [6, 6.07) is 0.164. The van der Waals surface area contributed by atoms with Crippen molar-refractivity contribution in [3.05, 3.63) is 0 Å². The van der Waals surface area contributed by atoms with Crippen molar-refractivity contribution in [3.63, 3.8) is 0 Å². The van der Waals surface area contributed by atoms with Crippen LogP contribution in [0.2, 0.25) is 0 Å². The standard InChI is InChI=1S/C15H30N2O4S/c1-12(11-22(5,19)20)16-13-7-6-9-17(10-8-13)14(18)21-15(2,3)4/h12-13,16H,6-11H2,1-5H3. The van der Waals surface area contributed by atoms with E-state index in [1.807, 2.05) is 27.7 Å². The second kappa shape index (κ2) is 7.64. The zero-order valence-electron chi connectivity index (χ0n) is 14.4. The van der Waals surface area contributed by atoms with Gasteiger partial charge in [-0.2, -0.15) is 0 Å². The highest BCUT2D eigenvalue weighted by Crippen LogP contribution is 2.16. The number of nitrogens with one attached hydrogen (secondary N) is 1. The Morgan fingerprint density at radius 1 is 1.32 bits per heavy atom. The molecule has 1 fully saturated rings. The molecule has 7 heteroatoms. The number of ether oxygens (including phenoxy) is 1. The van der Waals surface area contributed by atoms with Gasteiger partial charge in [-0.3, -0.25) is 0 Å². The number of hydrogen-bond donors (Lipinski definition) is 1. The van der Waals surface area contributed by atoms with Crippen LogP contribution in [0.3, 0.4) is 0 Å². The number of carbonyl (C=O) groups excluding carboxylic acids is 1. The zero-order chi connectivity index (χ0) is 17.0. The van der Waals surface area contributed by atoms with Gasteiger partial charge in [-0.1, -0.05) is 0 Å². The summed E-state index contributed by atoms with van der Waals surface area (Å²) in [4.78, 5) is 13.8. The lowest BCUT2D eigenvalue weighted by Crippen LogP contribution is -2.41. The Hall–Kier alpha value is -0.820. The van der Waals surface area contributed by atoms with Crippen LogP contribution in [-0.4, -0.2) is 62.2 Å². The quantitative estimate of drug-likeness (QED) is 0.848. The van der Waals surface area contributed by atoms with Crippen molar-refractivity contribution in [1.29, 1.82) is 0 Å². The molecule has 0 aromatic carbocycles. The second-order valence-corrected chi connectivity index (χ2v) is 9.44. The highest BCUT2D eigenvalue weighted by Gasteiger charge is 2.25. The molecule has 1 aliphatic heterocycles. The van der Waals surface area contributed by atoms with E-state index >= 15 is 0 Å². The summed E-state index contributed by atoms with van der Waals surface area (Å²) in [5.41, 5.74) is -0.481. The normalized spacial score (nSPS) is 22.0. The van der Waals surface area contributed by atoms with Crippen molar-refractivity contribution >= 4 is 15.9 Å². The van der Waals surface area contributed by atoms with Crippen LogP contribution < -0.4 is 5.32 Å². The van der Waals surface area contributed by atoms with Gasteiger partial charge in [-0.25, -0.2) is 13.2 Å². The third-order valence-corrected chi connectivity index (χ3v) is 4.56. The van der Waals surface area contributed by atoms with E-state index in [1.54, 1.807) is 4.90 Å². The summed E-state index contributed by atoms with van der Waals surface area (Å²) in [6.07, 6.45) is 3.63. The first-order chi connectivity index (χ1) is 9.96. The predicted octanol–water partition coefficient (Wildman–Crippen LogP) is 1.80. The fraction of sp³-hybridized carbons (Fsp3) is 0.933. The molecule has 0 spiro atoms. The van der Waals surface area contributed by atoms with E-state index in [2.05, 4.69) is 5.32 Å². The minimum absolute atomic E-state index is 0.0759. The van der Waals surface area contributed by atoms with Gasteiger partial charge in [0.2, 0.25) is 0 Å². The molecule has 1 heterocycles. The van der Waals surface area contributed by atoms with Gasteiger partial charge in [0, 0.05) is 31.4 Å². The summed E-state index contributed by atoms with van der Waals surface area (Å²) in [6.45, 7) is 8.79. The van der Waals surface area contributed by atoms with E-state index in [0.29, 0.717) is 13.1 Å². The third kappa shape index (κ3) is 7.98. The molecule has 130 valence electrons. The van der Waals surface area contributed by atoms with Gasteiger partial charge in [-0.05, 0) is 47.0 Å². The van der Waals surface area contributed by atoms with E-state index in [9.17, 15) is 13.2 Å². The zero-order valence-corrected chi connectivity index (χ0v) is 15.2. The Balaban J connectivity index is 2.47. The Morgan fingerprint density at radius 3 is 2.50 bits per heavy atom. The molecule has 0 saturated carbocycles. The predicted molar refractivity (Wildman–Crippen MR) is 87.8 cm³/mol. The molecule has 6 nitrogen and oxygen atoms in total. The minimum Gasteiger partial charge on any atom is -0.444 e. The third-order valence-electron chi connectivity index (χ3n) is 3.45. The van der Waals surface area contributed by atoms with Gasteiger partial charge < -0.3 is 15.0 Å². The molecule has 2 atom stereocenters. The lowest BCUT2D eigenvalue weighted by Gasteiger charge is -2.26. The number of carbonyl (C=O) groups is 1. The molecular formula is C15H30N2O4S. The van der Waals surface area contributed by atoms with E-state index in [0.717, 1.165) is 19.3 Å². The second-order valence-electron chi connectivity index (χ2n) is 7.26. The fourth-order valence-corrected chi connectivity index (χ4v) is 3.68. The summed E-state index contributed by atoms with van der Waals surface area (Å²) in [5.74, 6) is 0.138. The Kier molecular flexibility index (Phi) is 6.67. The molecule has 0 radical (unpaired) electrons. The van der Waals surface area contributed by atoms with Gasteiger partial charge in [-0.15, -0.1) is 0 Å². The van der Waals surface area contributed by atoms with Crippen molar-refractivity contribution in [1.82, 2.24) is 10.2 Å². The van der Waals surface area contributed by atoms with E-state index in [-0.39, 0.29) is 23.9 Å². The van der Waals surface area contributed by atoms with E-state index in [4.69, 9.17) is 4.74 Å². The molecule has 2 unspecified atom stereocenters. The molecule has 22 heavy (non-hydrogen) atoms. The summed E-state index contributed by atoms with van der Waals surface area (Å²) in [7, 11) is -2.97. The molecular weight excluding hydrogens is 304 g/mol. The minimum atomic E-state index is -2.97. The molecule has 0 aliphatic carbocycles. The van der Waals surface area contributed by atoms with Crippen LogP contribution in [0, 0.1) is 0 Å². The van der Waals surface area contributed by atoms with Gasteiger partial charge in [0.15, 0.2) is 0 Å². The first-order valence-electron chi connectivity index (χ1n) is 7.88. The summed E-state index contributed by atoms with van der Waals surface area (Å²) < 4.78 is 28.0. The molecule has 1 rings (SSSR count). The highest BCUT2D eigenvalue weighted by molar-refractivity contribution is 7.90. The monoisotopic (exact) mass is 334 g/mol. The van der Waals surface area contributed by atoms with Gasteiger partial charge in [0.05, 0.1) is 5.75 Å². The highest BCUT2D eigenvalue weighted by atomic mass is 32.2. The van der Waals surface area contributed by atoms with Crippen LogP contribution in [0.25, 0.3) is 0 Å². The van der Waals surface area contributed by atoms with Gasteiger partial charge in [0.25, 0.3) is 0 Å². The summed E-state index contributed by atoms with van der Waals surface area (Å²) >= 11 is 0. The number of hydrogen-bond acceptors (Lipinski definition) is 5. The first kappa shape index (κ1) is 19.2. The van der Waals surface area contributed by atoms with E-state index in [1.165, 1.54) is 6.26 Å². The first-order valence-corrected chi connectivity index (χ1v) is 9.94. The van der Waals surface area contributed by atoms with Crippen molar-refractivity contribution in [3.8, 4) is 0 Å². The molecule has 0 aromatic heterocycles. The Labute approximate surface area is 134 Å². The average Bonchev–Trinajstić information content (AvgIpc) is 2.49. The molecule has 1 N–H and O–H groups in total. The van der Waals surface area contributed by atoms with Crippen LogP contribution >= 0.6 is 0 Å². The molecule has 1 saturated heterocycles. The number of nitrogens with zero attached hydrogens (tertiary/aromatic N) is 1. The lowest BCUT2D eigenvalue weighted by atomic mass is 10.1. The van der Waals surface area contributed by atoms with Crippen molar-refractivity contribution in [2.75, 3.05) is 25.1 Å². The van der Waals surface area contributed by atoms with Crippen LogP contribution in [0.1, 0.15) is 47.0 Å². The fourth-order valence-electron chi connectivity index (χ4n) is 2.68. The molecule has 0 aromatic rings. The van der Waals surface area contributed by atoms with E-state index < -0.39 is 15.4 Å². The van der Waals surface area contributed by atoms with Crippen LogP contribution in [0.4, 0.5) is 4.79 Å². The molecule has 1 aliphatic rings. The number of rotatable bonds is 4. The van der Waals surface area contributed by atoms with Crippen molar-refractivity contribution in [2.45, 2.75) is 64.6 Å². The SMILES string of the molecule is CC(CS(C)(=O)=O)NC1CCCN(C(=O)OC(C)(C)C)CC1.